The predicted octanol–water partition coefficient (Wildman–Crippen LogP) is 2.45. The van der Waals surface area contributed by atoms with Crippen molar-refractivity contribution in [2.75, 3.05) is 21.3 Å². The van der Waals surface area contributed by atoms with Gasteiger partial charge in [0.05, 0.1) is 0 Å². The summed E-state index contributed by atoms with van der Waals surface area (Å²) in [5.41, 5.74) is 0. The van der Waals surface area contributed by atoms with Gasteiger partial charge in [0.25, 0.3) is 0 Å². The Bertz CT molecular complexity index is 372. The van der Waals surface area contributed by atoms with Crippen molar-refractivity contribution in [2.45, 2.75) is 64.5 Å². The van der Waals surface area contributed by atoms with Gasteiger partial charge in [-0.05, 0) is 52.4 Å². The Morgan fingerprint density at radius 3 is 1.19 bits per heavy atom. The molecule has 1 atom stereocenters. The van der Waals surface area contributed by atoms with Gasteiger partial charge in [-0.1, -0.05) is 6.92 Å². The van der Waals surface area contributed by atoms with Gasteiger partial charge >= 0.3 is 17.9 Å². The Kier molecular flexibility index (Phi) is 11.7. The second-order valence-corrected chi connectivity index (χ2v) is 26.5. The summed E-state index contributed by atoms with van der Waals surface area (Å²) in [5, 5.41) is -0.00541. The molecule has 0 aromatic heterocycles. The van der Waals surface area contributed by atoms with Crippen molar-refractivity contribution in [3.05, 3.63) is 0 Å². The molecule has 0 aromatic carbocycles. The second kappa shape index (κ2) is 11.3. The summed E-state index contributed by atoms with van der Waals surface area (Å²) < 4.78 is 43.0. The molecule has 1 unspecified atom stereocenters. The van der Waals surface area contributed by atoms with E-state index in [-0.39, 0.29) is 5.16 Å². The van der Waals surface area contributed by atoms with E-state index in [0.29, 0.717) is 0 Å². The van der Waals surface area contributed by atoms with Crippen LogP contribution in [0.1, 0.15) is 6.92 Å². The van der Waals surface area contributed by atoms with Crippen LogP contribution in [0.4, 0.5) is 0 Å². The molecule has 0 radical (unpaired) electrons. The SMILES string of the molecule is CO[Si](OC)(OC)C(C)[Si](C)(C)O[Si](O[SiH](C)C)(O[SiH](C)C)O[SiH](C)C. The third-order valence-corrected chi connectivity index (χ3v) is 24.2. The molecule has 0 aliphatic rings. The lowest BCUT2D eigenvalue weighted by Gasteiger charge is -2.43. The first-order chi connectivity index (χ1) is 11.8. The molecule has 0 rings (SSSR count). The monoisotopic (exact) mass is 476 g/mol. The first-order valence-electron chi connectivity index (χ1n) is 9.18. The van der Waals surface area contributed by atoms with Crippen molar-refractivity contribution in [1.29, 1.82) is 0 Å². The third kappa shape index (κ3) is 7.80. The molecule has 0 aromatic rings. The van der Waals surface area contributed by atoms with E-state index < -0.39 is 53.3 Å². The fourth-order valence-electron chi connectivity index (χ4n) is 2.64. The largest absolute Gasteiger partial charge is 0.636 e. The van der Waals surface area contributed by atoms with Crippen molar-refractivity contribution >= 4 is 53.3 Å². The van der Waals surface area contributed by atoms with Crippen LogP contribution < -0.4 is 0 Å². The van der Waals surface area contributed by atoms with Gasteiger partial charge in [0.15, 0.2) is 35.4 Å². The highest BCUT2D eigenvalue weighted by atomic mass is 28.5. The zero-order valence-electron chi connectivity index (χ0n) is 18.7. The third-order valence-electron chi connectivity index (χ3n) is 3.95. The van der Waals surface area contributed by atoms with E-state index in [1.54, 1.807) is 21.3 Å². The Balaban J connectivity index is 5.88. The molecule has 0 N–H and O–H groups in total. The molecule has 158 valence electrons. The normalized spacial score (nSPS) is 15.3. The molecular formula is C13H40O7Si6. The second-order valence-electron chi connectivity index (χ2n) is 7.64. The van der Waals surface area contributed by atoms with Gasteiger partial charge in [-0.15, -0.1) is 0 Å². The van der Waals surface area contributed by atoms with Crippen LogP contribution in [0, 0.1) is 0 Å². The van der Waals surface area contributed by atoms with Crippen LogP contribution in [-0.2, 0) is 29.7 Å². The standard InChI is InChI=1S/C13H40O7Si6/c1-13(25(14-2,15-3)16-4)24(11,12)20-26(17-21(5)6,18-22(7)8)19-23(9)10/h13,21-23H,1-12H3. The first kappa shape index (κ1) is 27.0. The van der Waals surface area contributed by atoms with Gasteiger partial charge in [-0.25, -0.2) is 0 Å². The Morgan fingerprint density at radius 1 is 0.654 bits per heavy atom. The molecule has 0 amide bonds. The zero-order valence-corrected chi connectivity index (χ0v) is 25.1. The van der Waals surface area contributed by atoms with Gasteiger partial charge in [0.1, 0.15) is 0 Å². The number of hydrogen-bond donors (Lipinski definition) is 0. The minimum Gasteiger partial charge on any atom is -0.399 e. The quantitative estimate of drug-likeness (QED) is 0.378. The van der Waals surface area contributed by atoms with Crippen molar-refractivity contribution < 1.29 is 29.7 Å². The van der Waals surface area contributed by atoms with Crippen LogP contribution in [0.15, 0.2) is 0 Å². The van der Waals surface area contributed by atoms with E-state index in [1.165, 1.54) is 0 Å². The summed E-state index contributed by atoms with van der Waals surface area (Å²) in [6.45, 7) is 19.1. The fraction of sp³-hybridized carbons (Fsp3) is 1.00. The van der Waals surface area contributed by atoms with Crippen LogP contribution in [0.25, 0.3) is 0 Å². The molecule has 0 spiro atoms. The summed E-state index contributed by atoms with van der Waals surface area (Å²) >= 11 is 0. The van der Waals surface area contributed by atoms with Gasteiger partial charge in [0.2, 0.25) is 0 Å². The molecule has 0 saturated carbocycles. The maximum absolute atomic E-state index is 6.74. The molecule has 26 heavy (non-hydrogen) atoms. The Hall–Kier alpha value is 1.02. The summed E-state index contributed by atoms with van der Waals surface area (Å²) in [7, 11) is -7.82. The van der Waals surface area contributed by atoms with E-state index >= 15 is 0 Å². The molecule has 0 bridgehead atoms. The molecule has 0 aliphatic carbocycles. The zero-order chi connectivity index (χ0) is 20.8. The van der Waals surface area contributed by atoms with E-state index in [0.717, 1.165) is 0 Å². The Labute approximate surface area is 168 Å². The van der Waals surface area contributed by atoms with Crippen molar-refractivity contribution in [2.24, 2.45) is 0 Å². The highest BCUT2D eigenvalue weighted by Gasteiger charge is 2.59. The smallest absolute Gasteiger partial charge is 0.399 e. The minimum atomic E-state index is -3.20. The molecule has 0 heterocycles. The van der Waals surface area contributed by atoms with E-state index in [2.05, 4.69) is 59.3 Å². The lowest BCUT2D eigenvalue weighted by Crippen LogP contribution is -2.65. The molecule has 0 fully saturated rings. The van der Waals surface area contributed by atoms with E-state index in [1.807, 2.05) is 0 Å². The van der Waals surface area contributed by atoms with Crippen LogP contribution >= 0.6 is 0 Å². The van der Waals surface area contributed by atoms with Crippen LogP contribution in [0.5, 0.6) is 0 Å². The summed E-state index contributed by atoms with van der Waals surface area (Å²) in [4.78, 5) is 0. The lowest BCUT2D eigenvalue weighted by atomic mass is 10.9. The van der Waals surface area contributed by atoms with Gasteiger partial charge in [0, 0.05) is 26.5 Å². The highest BCUT2D eigenvalue weighted by molar-refractivity contribution is 6.92. The van der Waals surface area contributed by atoms with Crippen LogP contribution in [0.2, 0.25) is 57.5 Å². The van der Waals surface area contributed by atoms with Crippen molar-refractivity contribution in [3.8, 4) is 0 Å². The molecule has 7 nitrogen and oxygen atoms in total. The van der Waals surface area contributed by atoms with E-state index in [9.17, 15) is 0 Å². The summed E-state index contributed by atoms with van der Waals surface area (Å²) in [6.07, 6.45) is 0. The highest BCUT2D eigenvalue weighted by Crippen LogP contribution is 2.36. The first-order valence-corrected chi connectivity index (χ1v) is 23.9. The van der Waals surface area contributed by atoms with Crippen LogP contribution in [0.3, 0.4) is 0 Å². The lowest BCUT2D eigenvalue weighted by molar-refractivity contribution is 0.115. The molecular weight excluding hydrogens is 437 g/mol. The molecule has 13 heteroatoms. The average molecular weight is 477 g/mol. The van der Waals surface area contributed by atoms with Gasteiger partial charge in [-0.2, -0.15) is 0 Å². The average Bonchev–Trinajstić information content (AvgIpc) is 2.46. The van der Waals surface area contributed by atoms with E-state index in [4.69, 9.17) is 29.7 Å². The maximum atomic E-state index is 6.74. The predicted molar refractivity (Wildman–Crippen MR) is 120 cm³/mol. The minimum absolute atomic E-state index is 0.00541. The van der Waals surface area contributed by atoms with Gasteiger partial charge < -0.3 is 29.7 Å². The number of hydrogen-bond acceptors (Lipinski definition) is 7. The topological polar surface area (TPSA) is 64.6 Å². The summed E-state index contributed by atoms with van der Waals surface area (Å²) in [6, 6.07) is 0. The molecule has 0 saturated heterocycles. The summed E-state index contributed by atoms with van der Waals surface area (Å²) in [5.74, 6) is 0. The van der Waals surface area contributed by atoms with Gasteiger partial charge in [-0.3, -0.25) is 0 Å². The van der Waals surface area contributed by atoms with Crippen molar-refractivity contribution in [1.82, 2.24) is 0 Å². The van der Waals surface area contributed by atoms with Crippen molar-refractivity contribution in [3.63, 3.8) is 0 Å². The molecule has 0 aliphatic heterocycles. The van der Waals surface area contributed by atoms with Crippen LogP contribution in [-0.4, -0.2) is 74.6 Å². The number of rotatable bonds is 13. The fourth-order valence-corrected chi connectivity index (χ4v) is 23.5. The Morgan fingerprint density at radius 2 is 0.962 bits per heavy atom. The maximum Gasteiger partial charge on any atom is 0.636 e.